The number of nitrogens with zero attached hydrogens (tertiary/aromatic N) is 1. The average Bonchev–Trinajstić information content (AvgIpc) is 2.31. The van der Waals surface area contributed by atoms with E-state index in [2.05, 4.69) is 12.2 Å². The Labute approximate surface area is 98.3 Å². The highest BCUT2D eigenvalue weighted by Crippen LogP contribution is 2.30. The van der Waals surface area contributed by atoms with Gasteiger partial charge in [0.1, 0.15) is 0 Å². The highest BCUT2D eigenvalue weighted by molar-refractivity contribution is 5.47. The van der Waals surface area contributed by atoms with Crippen LogP contribution >= 0.6 is 0 Å². The predicted octanol–water partition coefficient (Wildman–Crippen LogP) is 0.871. The Balaban J connectivity index is 2.43. The maximum absolute atomic E-state index is 10.7. The number of carbonyl (C=O) groups is 1. The summed E-state index contributed by atoms with van der Waals surface area (Å²) in [5, 5.41) is 3.48. The van der Waals surface area contributed by atoms with Crippen LogP contribution in [0.1, 0.15) is 26.2 Å². The molecule has 1 aliphatic heterocycles. The second kappa shape index (κ2) is 6.86. The predicted molar refractivity (Wildman–Crippen MR) is 64.3 cm³/mol. The third-order valence-electron chi connectivity index (χ3n) is 3.39. The van der Waals surface area contributed by atoms with Gasteiger partial charge in [0, 0.05) is 32.2 Å². The van der Waals surface area contributed by atoms with Crippen LogP contribution in [0, 0.1) is 5.41 Å². The lowest BCUT2D eigenvalue weighted by atomic mass is 9.79. The minimum Gasteiger partial charge on any atom is -0.384 e. The van der Waals surface area contributed by atoms with Crippen LogP contribution in [0.25, 0.3) is 0 Å². The van der Waals surface area contributed by atoms with Gasteiger partial charge in [0.2, 0.25) is 6.41 Å². The molecule has 1 fully saturated rings. The van der Waals surface area contributed by atoms with Crippen molar-refractivity contribution in [3.05, 3.63) is 0 Å². The van der Waals surface area contributed by atoms with Crippen LogP contribution in [0.3, 0.4) is 0 Å². The number of likely N-dealkylation sites (tertiary alicyclic amines) is 1. The lowest BCUT2D eigenvalue weighted by molar-refractivity contribution is -0.120. The maximum atomic E-state index is 10.7. The summed E-state index contributed by atoms with van der Waals surface area (Å²) in [6, 6.07) is 0. The molecule has 0 spiro atoms. The van der Waals surface area contributed by atoms with Crippen LogP contribution in [0.15, 0.2) is 0 Å². The van der Waals surface area contributed by atoms with Crippen molar-refractivity contribution in [2.45, 2.75) is 26.2 Å². The number of hydrogen-bond acceptors (Lipinski definition) is 3. The van der Waals surface area contributed by atoms with Crippen LogP contribution in [0.4, 0.5) is 0 Å². The first-order chi connectivity index (χ1) is 7.76. The third-order valence-corrected chi connectivity index (χ3v) is 3.39. The van der Waals surface area contributed by atoms with Crippen LogP contribution in [-0.2, 0) is 9.53 Å². The van der Waals surface area contributed by atoms with Crippen LogP contribution < -0.4 is 5.32 Å². The molecule has 1 saturated heterocycles. The zero-order valence-corrected chi connectivity index (χ0v) is 10.5. The number of nitrogens with one attached hydrogen (secondary N) is 1. The molecule has 1 N–H and O–H groups in total. The normalized spacial score (nSPS) is 19.8. The van der Waals surface area contributed by atoms with Crippen molar-refractivity contribution in [1.29, 1.82) is 0 Å². The second-order valence-electron chi connectivity index (χ2n) is 4.75. The van der Waals surface area contributed by atoms with Gasteiger partial charge >= 0.3 is 0 Å². The minimum atomic E-state index is 0.226. The van der Waals surface area contributed by atoms with Crippen molar-refractivity contribution in [1.82, 2.24) is 10.2 Å². The monoisotopic (exact) mass is 228 g/mol. The molecule has 0 bridgehead atoms. The Bertz CT molecular complexity index is 201. The SMILES string of the molecule is CCCNCC1(COC)CCN(C=O)CC1. The van der Waals surface area contributed by atoms with E-state index in [1.54, 1.807) is 7.11 Å². The fourth-order valence-electron chi connectivity index (χ4n) is 2.31. The zero-order valence-electron chi connectivity index (χ0n) is 10.5. The zero-order chi connectivity index (χ0) is 11.9. The molecule has 0 radical (unpaired) electrons. The van der Waals surface area contributed by atoms with Gasteiger partial charge in [-0.1, -0.05) is 6.92 Å². The maximum Gasteiger partial charge on any atom is 0.209 e. The minimum absolute atomic E-state index is 0.226. The highest BCUT2D eigenvalue weighted by atomic mass is 16.5. The standard InChI is InChI=1S/C12H24N2O2/c1-3-6-13-9-12(10-16-2)4-7-14(11-15)8-5-12/h11,13H,3-10H2,1-2H3. The molecule has 4 heteroatoms. The van der Waals surface area contributed by atoms with Gasteiger partial charge in [-0.25, -0.2) is 0 Å². The van der Waals surface area contributed by atoms with E-state index >= 15 is 0 Å². The Morgan fingerprint density at radius 1 is 1.44 bits per heavy atom. The molecule has 0 saturated carbocycles. The number of methoxy groups -OCH3 is 1. The molecule has 0 atom stereocenters. The van der Waals surface area contributed by atoms with Crippen molar-refractivity contribution in [3.63, 3.8) is 0 Å². The molecular formula is C12H24N2O2. The first-order valence-corrected chi connectivity index (χ1v) is 6.15. The fraction of sp³-hybridized carbons (Fsp3) is 0.917. The topological polar surface area (TPSA) is 41.6 Å². The highest BCUT2D eigenvalue weighted by Gasteiger charge is 2.33. The molecule has 0 aromatic heterocycles. The summed E-state index contributed by atoms with van der Waals surface area (Å²) in [6.45, 7) is 6.74. The van der Waals surface area contributed by atoms with E-state index in [-0.39, 0.29) is 5.41 Å². The van der Waals surface area contributed by atoms with Gasteiger partial charge in [-0.15, -0.1) is 0 Å². The second-order valence-corrected chi connectivity index (χ2v) is 4.75. The number of rotatable bonds is 7. The molecule has 16 heavy (non-hydrogen) atoms. The van der Waals surface area contributed by atoms with Crippen molar-refractivity contribution in [3.8, 4) is 0 Å². The van der Waals surface area contributed by atoms with E-state index in [1.807, 2.05) is 4.90 Å². The van der Waals surface area contributed by atoms with Gasteiger partial charge in [-0.3, -0.25) is 4.79 Å². The number of carbonyl (C=O) groups excluding carboxylic acids is 1. The van der Waals surface area contributed by atoms with Crippen molar-refractivity contribution >= 4 is 6.41 Å². The van der Waals surface area contributed by atoms with Gasteiger partial charge in [0.15, 0.2) is 0 Å². The van der Waals surface area contributed by atoms with Crippen LogP contribution in [0.2, 0.25) is 0 Å². The summed E-state index contributed by atoms with van der Waals surface area (Å²) in [5.41, 5.74) is 0.226. The van der Waals surface area contributed by atoms with E-state index in [1.165, 1.54) is 0 Å². The molecule has 1 heterocycles. The number of ether oxygens (including phenoxy) is 1. The largest absolute Gasteiger partial charge is 0.384 e. The van der Waals surface area contributed by atoms with Crippen LogP contribution in [-0.4, -0.2) is 51.2 Å². The van der Waals surface area contributed by atoms with Gasteiger partial charge in [-0.05, 0) is 25.8 Å². The quantitative estimate of drug-likeness (QED) is 0.519. The molecule has 94 valence electrons. The number of hydrogen-bond donors (Lipinski definition) is 1. The summed E-state index contributed by atoms with van der Waals surface area (Å²) in [7, 11) is 1.76. The summed E-state index contributed by atoms with van der Waals surface area (Å²) in [6.07, 6.45) is 4.19. The molecule has 0 aliphatic carbocycles. The van der Waals surface area contributed by atoms with Gasteiger partial charge in [0.05, 0.1) is 6.61 Å². The first-order valence-electron chi connectivity index (χ1n) is 6.15. The Kier molecular flexibility index (Phi) is 5.77. The van der Waals surface area contributed by atoms with E-state index in [9.17, 15) is 4.79 Å². The smallest absolute Gasteiger partial charge is 0.209 e. The Morgan fingerprint density at radius 3 is 2.62 bits per heavy atom. The van der Waals surface area contributed by atoms with Crippen LogP contribution in [0.5, 0.6) is 0 Å². The molecule has 4 nitrogen and oxygen atoms in total. The summed E-state index contributed by atoms with van der Waals surface area (Å²) in [5.74, 6) is 0. The fourth-order valence-corrected chi connectivity index (χ4v) is 2.31. The van der Waals surface area contributed by atoms with E-state index in [0.717, 1.165) is 58.5 Å². The molecule has 0 aromatic carbocycles. The Hall–Kier alpha value is -0.610. The lowest BCUT2D eigenvalue weighted by Crippen LogP contribution is -2.47. The summed E-state index contributed by atoms with van der Waals surface area (Å²) < 4.78 is 5.34. The average molecular weight is 228 g/mol. The molecule has 1 rings (SSSR count). The Morgan fingerprint density at radius 2 is 2.12 bits per heavy atom. The summed E-state index contributed by atoms with van der Waals surface area (Å²) >= 11 is 0. The van der Waals surface area contributed by atoms with E-state index in [0.29, 0.717) is 0 Å². The molecule has 1 amide bonds. The van der Waals surface area contributed by atoms with Gasteiger partial charge in [0.25, 0.3) is 0 Å². The molecule has 0 unspecified atom stereocenters. The van der Waals surface area contributed by atoms with Gasteiger partial charge in [-0.2, -0.15) is 0 Å². The molecule has 0 aromatic rings. The van der Waals surface area contributed by atoms with Gasteiger partial charge < -0.3 is 15.0 Å². The van der Waals surface area contributed by atoms with E-state index in [4.69, 9.17) is 4.74 Å². The van der Waals surface area contributed by atoms with Crippen molar-refractivity contribution < 1.29 is 9.53 Å². The van der Waals surface area contributed by atoms with Crippen molar-refractivity contribution in [2.24, 2.45) is 5.41 Å². The molecular weight excluding hydrogens is 204 g/mol. The lowest BCUT2D eigenvalue weighted by Gasteiger charge is -2.40. The molecule has 1 aliphatic rings. The number of piperidine rings is 1. The summed E-state index contributed by atoms with van der Waals surface area (Å²) in [4.78, 5) is 12.5. The first kappa shape index (κ1) is 13.5. The van der Waals surface area contributed by atoms with Crippen molar-refractivity contribution in [2.75, 3.05) is 39.9 Å². The number of amides is 1. The third kappa shape index (κ3) is 3.76. The van der Waals surface area contributed by atoms with E-state index < -0.39 is 0 Å².